The van der Waals surface area contributed by atoms with Gasteiger partial charge in [-0.3, -0.25) is 15.0 Å². The summed E-state index contributed by atoms with van der Waals surface area (Å²) in [5.41, 5.74) is 5.34. The van der Waals surface area contributed by atoms with E-state index in [-0.39, 0.29) is 11.7 Å². The Balaban J connectivity index is 1.96. The Labute approximate surface area is 111 Å². The minimum atomic E-state index is -0.0991. The lowest BCUT2D eigenvalue weighted by Crippen LogP contribution is -2.08. The van der Waals surface area contributed by atoms with Crippen molar-refractivity contribution < 1.29 is 9.59 Å². The molecule has 98 valence electrons. The van der Waals surface area contributed by atoms with Gasteiger partial charge in [0.1, 0.15) is 0 Å². The summed E-state index contributed by atoms with van der Waals surface area (Å²) in [6, 6.07) is 7.24. The Hall–Kier alpha value is -2.43. The normalized spacial score (nSPS) is 16.5. The van der Waals surface area contributed by atoms with Crippen molar-refractivity contribution in [2.45, 2.75) is 19.8 Å². The summed E-state index contributed by atoms with van der Waals surface area (Å²) in [5.74, 6) is 0.0385. The molecule has 1 aliphatic carbocycles. The molecule has 5 nitrogen and oxygen atoms in total. The van der Waals surface area contributed by atoms with E-state index in [0.29, 0.717) is 12.8 Å². The Morgan fingerprint density at radius 3 is 2.37 bits per heavy atom. The minimum Gasteiger partial charge on any atom is -0.326 e. The fourth-order valence-electron chi connectivity index (χ4n) is 1.67. The van der Waals surface area contributed by atoms with Crippen LogP contribution in [-0.2, 0) is 9.59 Å². The lowest BCUT2D eigenvalue weighted by Gasteiger charge is -2.07. The molecule has 0 radical (unpaired) electrons. The zero-order valence-electron chi connectivity index (χ0n) is 10.6. The average Bonchev–Trinajstić information content (AvgIpc) is 2.39. The third-order valence-corrected chi connectivity index (χ3v) is 2.62. The van der Waals surface area contributed by atoms with Gasteiger partial charge in [-0.2, -0.15) is 5.10 Å². The molecular weight excluding hydrogens is 242 g/mol. The van der Waals surface area contributed by atoms with Crippen LogP contribution in [0, 0.1) is 0 Å². The molecule has 0 spiro atoms. The quantitative estimate of drug-likeness (QED) is 0.816. The largest absolute Gasteiger partial charge is 0.326 e. The van der Waals surface area contributed by atoms with Gasteiger partial charge in [0.05, 0.1) is 11.4 Å². The van der Waals surface area contributed by atoms with Gasteiger partial charge < -0.3 is 5.32 Å². The van der Waals surface area contributed by atoms with Crippen LogP contribution in [0.15, 0.2) is 41.5 Å². The number of amides is 1. The highest BCUT2D eigenvalue weighted by Crippen LogP contribution is 2.14. The summed E-state index contributed by atoms with van der Waals surface area (Å²) in [4.78, 5) is 21.9. The molecule has 0 heterocycles. The molecule has 0 unspecified atom stereocenters. The fourth-order valence-corrected chi connectivity index (χ4v) is 1.67. The van der Waals surface area contributed by atoms with Crippen LogP contribution in [0.5, 0.6) is 0 Å². The molecule has 0 aliphatic heterocycles. The standard InChI is InChI=1S/C14H15N3O2/c1-10(18)15-11-2-4-12(5-3-11)16-17-13-6-8-14(19)9-7-13/h2-6,8,16H,7,9H2,1H3,(H,15,18). The van der Waals surface area contributed by atoms with E-state index in [4.69, 9.17) is 0 Å². The number of rotatable bonds is 3. The Morgan fingerprint density at radius 2 is 1.79 bits per heavy atom. The number of benzene rings is 1. The van der Waals surface area contributed by atoms with E-state index >= 15 is 0 Å². The smallest absolute Gasteiger partial charge is 0.221 e. The maximum Gasteiger partial charge on any atom is 0.221 e. The van der Waals surface area contributed by atoms with Gasteiger partial charge in [-0.05, 0) is 42.8 Å². The second-order valence-corrected chi connectivity index (χ2v) is 4.27. The molecule has 0 saturated carbocycles. The fraction of sp³-hybridized carbons (Fsp3) is 0.214. The van der Waals surface area contributed by atoms with Gasteiger partial charge in [0.2, 0.25) is 5.91 Å². The van der Waals surface area contributed by atoms with Crippen LogP contribution in [0.25, 0.3) is 0 Å². The van der Waals surface area contributed by atoms with Gasteiger partial charge in [0, 0.05) is 19.0 Å². The summed E-state index contributed by atoms with van der Waals surface area (Å²) < 4.78 is 0. The van der Waals surface area contributed by atoms with E-state index in [0.717, 1.165) is 17.1 Å². The molecule has 0 saturated heterocycles. The van der Waals surface area contributed by atoms with Crippen molar-refractivity contribution in [2.75, 3.05) is 10.7 Å². The predicted octanol–water partition coefficient (Wildman–Crippen LogP) is 2.33. The molecule has 1 aliphatic rings. The van der Waals surface area contributed by atoms with E-state index < -0.39 is 0 Å². The summed E-state index contributed by atoms with van der Waals surface area (Å²) in [7, 11) is 0. The molecule has 2 N–H and O–H groups in total. The van der Waals surface area contributed by atoms with E-state index in [1.165, 1.54) is 6.92 Å². The van der Waals surface area contributed by atoms with Gasteiger partial charge >= 0.3 is 0 Å². The summed E-state index contributed by atoms with van der Waals surface area (Å²) in [6.45, 7) is 1.47. The molecule has 2 rings (SSSR count). The van der Waals surface area contributed by atoms with Crippen molar-refractivity contribution in [1.82, 2.24) is 0 Å². The van der Waals surface area contributed by atoms with Crippen molar-refractivity contribution in [3.8, 4) is 0 Å². The van der Waals surface area contributed by atoms with Crippen LogP contribution in [0.3, 0.4) is 0 Å². The minimum absolute atomic E-state index is 0.0991. The van der Waals surface area contributed by atoms with Gasteiger partial charge in [-0.15, -0.1) is 0 Å². The van der Waals surface area contributed by atoms with E-state index in [2.05, 4.69) is 15.8 Å². The molecule has 0 fully saturated rings. The molecule has 1 aromatic carbocycles. The molecule has 0 atom stereocenters. The SMILES string of the molecule is CC(=O)Nc1ccc(NN=C2C=CC(=O)CC2)cc1. The number of ketones is 1. The van der Waals surface area contributed by atoms with Crippen LogP contribution < -0.4 is 10.7 Å². The lowest BCUT2D eigenvalue weighted by atomic mass is 10.1. The van der Waals surface area contributed by atoms with Gasteiger partial charge in [-0.1, -0.05) is 0 Å². The number of nitrogens with zero attached hydrogens (tertiary/aromatic N) is 1. The molecule has 19 heavy (non-hydrogen) atoms. The molecule has 1 amide bonds. The van der Waals surface area contributed by atoms with Crippen LogP contribution in [0.4, 0.5) is 11.4 Å². The maximum atomic E-state index is 11.0. The molecule has 5 heteroatoms. The first-order chi connectivity index (χ1) is 9.13. The average molecular weight is 257 g/mol. The zero-order chi connectivity index (χ0) is 13.7. The maximum absolute atomic E-state index is 11.0. The number of hydrazone groups is 1. The monoisotopic (exact) mass is 257 g/mol. The Kier molecular flexibility index (Phi) is 4.07. The second-order valence-electron chi connectivity index (χ2n) is 4.27. The topological polar surface area (TPSA) is 70.6 Å². The van der Waals surface area contributed by atoms with Crippen molar-refractivity contribution in [3.63, 3.8) is 0 Å². The summed E-state index contributed by atoms with van der Waals surface area (Å²) in [5, 5.41) is 6.91. The Morgan fingerprint density at radius 1 is 1.11 bits per heavy atom. The highest BCUT2D eigenvalue weighted by atomic mass is 16.1. The van der Waals surface area contributed by atoms with E-state index in [1.807, 2.05) is 12.1 Å². The first-order valence-electron chi connectivity index (χ1n) is 6.04. The Bertz CT molecular complexity index is 544. The van der Waals surface area contributed by atoms with Gasteiger partial charge in [-0.25, -0.2) is 0 Å². The van der Waals surface area contributed by atoms with Crippen LogP contribution >= 0.6 is 0 Å². The van der Waals surface area contributed by atoms with E-state index in [1.54, 1.807) is 24.3 Å². The number of hydrogen-bond donors (Lipinski definition) is 2. The first-order valence-corrected chi connectivity index (χ1v) is 6.04. The second kappa shape index (κ2) is 5.95. The third-order valence-electron chi connectivity index (χ3n) is 2.62. The number of carbonyl (C=O) groups is 2. The number of carbonyl (C=O) groups excluding carboxylic acids is 2. The van der Waals surface area contributed by atoms with Gasteiger partial charge in [0.15, 0.2) is 5.78 Å². The molecular formula is C14H15N3O2. The number of hydrogen-bond acceptors (Lipinski definition) is 4. The van der Waals surface area contributed by atoms with Crippen LogP contribution in [0.2, 0.25) is 0 Å². The van der Waals surface area contributed by atoms with Crippen molar-refractivity contribution in [3.05, 3.63) is 36.4 Å². The predicted molar refractivity (Wildman–Crippen MR) is 75.2 cm³/mol. The van der Waals surface area contributed by atoms with Crippen molar-refractivity contribution >= 4 is 28.8 Å². The van der Waals surface area contributed by atoms with Crippen molar-refractivity contribution in [1.29, 1.82) is 0 Å². The number of anilines is 2. The van der Waals surface area contributed by atoms with Crippen molar-refractivity contribution in [2.24, 2.45) is 5.10 Å². The highest BCUT2D eigenvalue weighted by molar-refractivity contribution is 6.07. The highest BCUT2D eigenvalue weighted by Gasteiger charge is 2.06. The third kappa shape index (κ3) is 4.06. The van der Waals surface area contributed by atoms with Crippen LogP contribution in [-0.4, -0.2) is 17.4 Å². The molecule has 1 aromatic rings. The summed E-state index contributed by atoms with van der Waals surface area (Å²) >= 11 is 0. The zero-order valence-corrected chi connectivity index (χ0v) is 10.6. The van der Waals surface area contributed by atoms with Crippen LogP contribution in [0.1, 0.15) is 19.8 Å². The van der Waals surface area contributed by atoms with E-state index in [9.17, 15) is 9.59 Å². The first kappa shape index (κ1) is 13.0. The van der Waals surface area contributed by atoms with Gasteiger partial charge in [0.25, 0.3) is 0 Å². The molecule has 0 aromatic heterocycles. The summed E-state index contributed by atoms with van der Waals surface area (Å²) in [6.07, 6.45) is 4.44. The lowest BCUT2D eigenvalue weighted by molar-refractivity contribution is -0.115. The number of allylic oxidation sites excluding steroid dienone is 2. The molecule has 0 bridgehead atoms. The number of nitrogens with one attached hydrogen (secondary N) is 2.